The van der Waals surface area contributed by atoms with E-state index in [4.69, 9.17) is 5.84 Å². The molecular weight excluding hydrogens is 202 g/mol. The first-order chi connectivity index (χ1) is 7.54. The minimum Gasteiger partial charge on any atom is -0.300 e. The zero-order chi connectivity index (χ0) is 12.1. The fourth-order valence-corrected chi connectivity index (χ4v) is 1.86. The molecule has 0 bridgehead atoms. The van der Waals surface area contributed by atoms with Gasteiger partial charge in [-0.15, -0.1) is 0 Å². The highest BCUT2D eigenvalue weighted by molar-refractivity contribution is 5.77. The van der Waals surface area contributed by atoms with Crippen LogP contribution in [0, 0.1) is 11.8 Å². The Morgan fingerprint density at radius 3 is 2.50 bits per heavy atom. The molecule has 0 aliphatic heterocycles. The fourth-order valence-electron chi connectivity index (χ4n) is 1.86. The third-order valence-corrected chi connectivity index (χ3v) is 3.16. The Bertz CT molecular complexity index is 226. The van der Waals surface area contributed by atoms with Gasteiger partial charge in [-0.05, 0) is 31.7 Å². The SMILES string of the molecule is CC(C)CCN(CC(C)C(=O)NN)C1CC1. The third kappa shape index (κ3) is 4.49. The summed E-state index contributed by atoms with van der Waals surface area (Å²) in [5, 5.41) is 0. The van der Waals surface area contributed by atoms with E-state index >= 15 is 0 Å². The summed E-state index contributed by atoms with van der Waals surface area (Å²) in [6, 6.07) is 0.715. The van der Waals surface area contributed by atoms with Crippen LogP contribution in [-0.4, -0.2) is 29.9 Å². The van der Waals surface area contributed by atoms with Crippen molar-refractivity contribution in [3.8, 4) is 0 Å². The molecule has 4 nitrogen and oxygen atoms in total. The Kier molecular flexibility index (Phi) is 5.22. The molecule has 16 heavy (non-hydrogen) atoms. The van der Waals surface area contributed by atoms with Crippen molar-refractivity contribution in [2.75, 3.05) is 13.1 Å². The first-order valence-electron chi connectivity index (χ1n) is 6.29. The number of hydrogen-bond acceptors (Lipinski definition) is 3. The topological polar surface area (TPSA) is 58.4 Å². The van der Waals surface area contributed by atoms with Crippen LogP contribution in [0.25, 0.3) is 0 Å². The predicted molar refractivity (Wildman–Crippen MR) is 65.5 cm³/mol. The summed E-state index contributed by atoms with van der Waals surface area (Å²) in [5.41, 5.74) is 2.23. The van der Waals surface area contributed by atoms with Gasteiger partial charge in [0.2, 0.25) is 5.91 Å². The van der Waals surface area contributed by atoms with Crippen LogP contribution in [0.1, 0.15) is 40.0 Å². The largest absolute Gasteiger partial charge is 0.300 e. The Balaban J connectivity index is 2.35. The first-order valence-corrected chi connectivity index (χ1v) is 6.29. The average Bonchev–Trinajstić information content (AvgIpc) is 3.06. The quantitative estimate of drug-likeness (QED) is 0.389. The van der Waals surface area contributed by atoms with E-state index in [9.17, 15) is 4.79 Å². The maximum absolute atomic E-state index is 11.4. The van der Waals surface area contributed by atoms with E-state index in [0.717, 1.165) is 19.0 Å². The van der Waals surface area contributed by atoms with Crippen molar-refractivity contribution in [3.63, 3.8) is 0 Å². The second-order valence-electron chi connectivity index (χ2n) is 5.32. The molecule has 1 unspecified atom stereocenters. The molecule has 0 saturated heterocycles. The second kappa shape index (κ2) is 6.21. The van der Waals surface area contributed by atoms with E-state index in [-0.39, 0.29) is 11.8 Å². The van der Waals surface area contributed by atoms with Crippen molar-refractivity contribution < 1.29 is 4.79 Å². The van der Waals surface area contributed by atoms with Crippen LogP contribution in [0.15, 0.2) is 0 Å². The number of nitrogens with zero attached hydrogens (tertiary/aromatic N) is 1. The lowest BCUT2D eigenvalue weighted by atomic mass is 10.1. The van der Waals surface area contributed by atoms with Crippen LogP contribution in [0.2, 0.25) is 0 Å². The molecule has 1 aliphatic rings. The summed E-state index contributed by atoms with van der Waals surface area (Å²) < 4.78 is 0. The van der Waals surface area contributed by atoms with Crippen LogP contribution in [-0.2, 0) is 4.79 Å². The second-order valence-corrected chi connectivity index (χ2v) is 5.32. The lowest BCUT2D eigenvalue weighted by molar-refractivity contribution is -0.125. The molecule has 0 radical (unpaired) electrons. The van der Waals surface area contributed by atoms with Gasteiger partial charge in [0.25, 0.3) is 0 Å². The molecule has 1 aliphatic carbocycles. The van der Waals surface area contributed by atoms with Crippen LogP contribution in [0.5, 0.6) is 0 Å². The first kappa shape index (κ1) is 13.5. The zero-order valence-corrected chi connectivity index (χ0v) is 10.7. The van der Waals surface area contributed by atoms with Crippen molar-refractivity contribution in [2.45, 2.75) is 46.1 Å². The zero-order valence-electron chi connectivity index (χ0n) is 10.7. The summed E-state index contributed by atoms with van der Waals surface area (Å²) in [5.74, 6) is 5.79. The lowest BCUT2D eigenvalue weighted by Crippen LogP contribution is -2.41. The van der Waals surface area contributed by atoms with Gasteiger partial charge in [-0.3, -0.25) is 15.1 Å². The maximum Gasteiger partial charge on any atom is 0.237 e. The maximum atomic E-state index is 11.4. The summed E-state index contributed by atoms with van der Waals surface area (Å²) in [6.07, 6.45) is 3.78. The molecule has 1 saturated carbocycles. The van der Waals surface area contributed by atoms with E-state index in [2.05, 4.69) is 24.2 Å². The van der Waals surface area contributed by atoms with Crippen molar-refractivity contribution in [3.05, 3.63) is 0 Å². The highest BCUT2D eigenvalue weighted by atomic mass is 16.2. The van der Waals surface area contributed by atoms with Crippen LogP contribution in [0.3, 0.4) is 0 Å². The molecule has 0 aromatic rings. The monoisotopic (exact) mass is 227 g/mol. The highest BCUT2D eigenvalue weighted by Crippen LogP contribution is 2.28. The molecule has 1 rings (SSSR count). The number of nitrogens with one attached hydrogen (secondary N) is 1. The number of carbonyl (C=O) groups excluding carboxylic acids is 1. The van der Waals surface area contributed by atoms with Gasteiger partial charge in [0, 0.05) is 18.5 Å². The Morgan fingerprint density at radius 2 is 2.06 bits per heavy atom. The summed E-state index contributed by atoms with van der Waals surface area (Å²) >= 11 is 0. The van der Waals surface area contributed by atoms with Crippen LogP contribution < -0.4 is 11.3 Å². The van der Waals surface area contributed by atoms with Gasteiger partial charge in [-0.1, -0.05) is 20.8 Å². The predicted octanol–water partition coefficient (Wildman–Crippen LogP) is 1.12. The molecule has 0 aromatic carbocycles. The molecule has 0 aromatic heterocycles. The van der Waals surface area contributed by atoms with Gasteiger partial charge in [0.15, 0.2) is 0 Å². The number of hydrazine groups is 1. The molecule has 1 amide bonds. The van der Waals surface area contributed by atoms with Gasteiger partial charge in [-0.2, -0.15) is 0 Å². The molecule has 0 spiro atoms. The van der Waals surface area contributed by atoms with E-state index in [1.807, 2.05) is 6.92 Å². The van der Waals surface area contributed by atoms with Gasteiger partial charge in [0.05, 0.1) is 0 Å². The van der Waals surface area contributed by atoms with Gasteiger partial charge in [-0.25, -0.2) is 5.84 Å². The van der Waals surface area contributed by atoms with Crippen LogP contribution in [0.4, 0.5) is 0 Å². The minimum atomic E-state index is -0.0600. The normalized spacial score (nSPS) is 17.9. The molecule has 4 heteroatoms. The van der Waals surface area contributed by atoms with Crippen molar-refractivity contribution in [1.82, 2.24) is 10.3 Å². The molecule has 3 N–H and O–H groups in total. The summed E-state index contributed by atoms with van der Waals surface area (Å²) in [4.78, 5) is 13.8. The van der Waals surface area contributed by atoms with E-state index in [1.165, 1.54) is 19.3 Å². The van der Waals surface area contributed by atoms with Crippen LogP contribution >= 0.6 is 0 Å². The van der Waals surface area contributed by atoms with Crippen molar-refractivity contribution >= 4 is 5.91 Å². The molecule has 1 fully saturated rings. The van der Waals surface area contributed by atoms with Gasteiger partial charge < -0.3 is 0 Å². The smallest absolute Gasteiger partial charge is 0.237 e. The number of amides is 1. The van der Waals surface area contributed by atoms with Crippen molar-refractivity contribution in [2.24, 2.45) is 17.7 Å². The number of hydrogen-bond donors (Lipinski definition) is 2. The standard InChI is InChI=1S/C12H25N3O/c1-9(2)6-7-15(11-4-5-11)8-10(3)12(16)14-13/h9-11H,4-8,13H2,1-3H3,(H,14,16). The summed E-state index contributed by atoms with van der Waals surface area (Å²) in [6.45, 7) is 8.35. The molecular formula is C12H25N3O. The average molecular weight is 227 g/mol. The Morgan fingerprint density at radius 1 is 1.44 bits per heavy atom. The van der Waals surface area contributed by atoms with Gasteiger partial charge in [0.1, 0.15) is 0 Å². The van der Waals surface area contributed by atoms with E-state index < -0.39 is 0 Å². The van der Waals surface area contributed by atoms with E-state index in [0.29, 0.717) is 6.04 Å². The Labute approximate surface area is 98.5 Å². The Hall–Kier alpha value is -0.610. The van der Waals surface area contributed by atoms with Gasteiger partial charge >= 0.3 is 0 Å². The summed E-state index contributed by atoms with van der Waals surface area (Å²) in [7, 11) is 0. The molecule has 1 atom stereocenters. The lowest BCUT2D eigenvalue weighted by Gasteiger charge is -2.25. The van der Waals surface area contributed by atoms with E-state index in [1.54, 1.807) is 0 Å². The highest BCUT2D eigenvalue weighted by Gasteiger charge is 2.30. The fraction of sp³-hybridized carbons (Fsp3) is 0.917. The number of nitrogens with two attached hydrogens (primary N) is 1. The molecule has 0 heterocycles. The number of rotatable bonds is 7. The van der Waals surface area contributed by atoms with Crippen molar-refractivity contribution in [1.29, 1.82) is 0 Å². The minimum absolute atomic E-state index is 0.0160. The third-order valence-electron chi connectivity index (χ3n) is 3.16. The molecule has 94 valence electrons. The number of carbonyl (C=O) groups is 1.